The molecule has 0 aliphatic carbocycles. The van der Waals surface area contributed by atoms with Gasteiger partial charge in [0, 0.05) is 19.4 Å². The zero-order chi connectivity index (χ0) is 8.55. The first kappa shape index (κ1) is 7.77. The molecule has 12 heavy (non-hydrogen) atoms. The molecule has 1 aromatic rings. The van der Waals surface area contributed by atoms with Crippen molar-refractivity contribution in [2.45, 2.75) is 39.7 Å². The summed E-state index contributed by atoms with van der Waals surface area (Å²) in [6, 6.07) is 0. The normalized spacial score (nSPS) is 22.3. The van der Waals surface area contributed by atoms with Crippen LogP contribution in [0.4, 0.5) is 0 Å². The van der Waals surface area contributed by atoms with Crippen molar-refractivity contribution in [1.82, 2.24) is 14.8 Å². The van der Waals surface area contributed by atoms with Gasteiger partial charge in [0.25, 0.3) is 0 Å². The lowest BCUT2D eigenvalue weighted by Gasteiger charge is -2.17. The van der Waals surface area contributed by atoms with E-state index >= 15 is 0 Å². The Morgan fingerprint density at radius 3 is 3.17 bits per heavy atom. The van der Waals surface area contributed by atoms with Crippen molar-refractivity contribution in [3.05, 3.63) is 11.6 Å². The number of nitrogens with zero attached hydrogens (tertiary/aromatic N) is 3. The fourth-order valence-corrected chi connectivity index (χ4v) is 1.67. The first-order valence-corrected chi connectivity index (χ1v) is 4.72. The Balaban J connectivity index is 2.28. The van der Waals surface area contributed by atoms with Crippen molar-refractivity contribution >= 4 is 0 Å². The van der Waals surface area contributed by atoms with E-state index in [1.807, 2.05) is 0 Å². The van der Waals surface area contributed by atoms with Crippen molar-refractivity contribution in [1.29, 1.82) is 0 Å². The topological polar surface area (TPSA) is 30.7 Å². The third-order valence-electron chi connectivity index (χ3n) is 2.45. The Bertz CT molecular complexity index is 277. The highest BCUT2D eigenvalue weighted by Crippen LogP contribution is 2.17. The number of hydrogen-bond acceptors (Lipinski definition) is 2. The summed E-state index contributed by atoms with van der Waals surface area (Å²) in [5, 5.41) is 4.43. The number of hydrogen-bond donors (Lipinski definition) is 0. The van der Waals surface area contributed by atoms with E-state index in [2.05, 4.69) is 28.6 Å². The summed E-state index contributed by atoms with van der Waals surface area (Å²) < 4.78 is 2.08. The molecular formula is C9H15N3. The van der Waals surface area contributed by atoms with Crippen molar-refractivity contribution < 1.29 is 0 Å². The number of aryl methyl sites for hydroxylation is 2. The molecule has 0 saturated carbocycles. The van der Waals surface area contributed by atoms with E-state index in [9.17, 15) is 0 Å². The van der Waals surface area contributed by atoms with Crippen LogP contribution in [0, 0.1) is 5.92 Å². The summed E-state index contributed by atoms with van der Waals surface area (Å²) in [6.07, 6.45) is 3.32. The van der Waals surface area contributed by atoms with Crippen LogP contribution in [0.3, 0.4) is 0 Å². The predicted octanol–water partition coefficient (Wildman–Crippen LogP) is 1.42. The van der Waals surface area contributed by atoms with Crippen LogP contribution in [0.5, 0.6) is 0 Å². The van der Waals surface area contributed by atoms with Crippen molar-refractivity contribution in [3.63, 3.8) is 0 Å². The van der Waals surface area contributed by atoms with E-state index < -0.39 is 0 Å². The summed E-state index contributed by atoms with van der Waals surface area (Å²) in [5.41, 5.74) is 0. The fourth-order valence-electron chi connectivity index (χ4n) is 1.67. The van der Waals surface area contributed by atoms with Gasteiger partial charge in [-0.15, -0.1) is 0 Å². The van der Waals surface area contributed by atoms with Gasteiger partial charge >= 0.3 is 0 Å². The lowest BCUT2D eigenvalue weighted by Crippen LogP contribution is -2.18. The second-order valence-electron chi connectivity index (χ2n) is 3.62. The zero-order valence-electron chi connectivity index (χ0n) is 7.75. The monoisotopic (exact) mass is 165 g/mol. The van der Waals surface area contributed by atoms with Gasteiger partial charge in [-0.05, 0) is 12.3 Å². The van der Waals surface area contributed by atoms with Crippen LogP contribution in [0.2, 0.25) is 0 Å². The highest BCUT2D eigenvalue weighted by atomic mass is 15.3. The standard InChI is InChI=1S/C9H15N3/c1-3-8-10-9-5-4-7(2)6-12(9)11-8/h7H,3-6H2,1-2H3. The number of fused-ring (bicyclic) bond motifs is 1. The minimum atomic E-state index is 0.768. The molecule has 0 saturated heterocycles. The fraction of sp³-hybridized carbons (Fsp3) is 0.778. The Morgan fingerprint density at radius 2 is 2.42 bits per heavy atom. The molecule has 3 nitrogen and oxygen atoms in total. The van der Waals surface area contributed by atoms with Gasteiger partial charge in [0.1, 0.15) is 5.82 Å². The largest absolute Gasteiger partial charge is 0.250 e. The SMILES string of the molecule is CCc1nc2n(n1)CC(C)CC2. The van der Waals surface area contributed by atoms with E-state index in [1.165, 1.54) is 12.2 Å². The Hall–Kier alpha value is -0.860. The van der Waals surface area contributed by atoms with Crippen LogP contribution in [-0.2, 0) is 19.4 Å². The molecule has 1 aliphatic heterocycles. The molecule has 1 aliphatic rings. The molecule has 2 rings (SSSR count). The maximum Gasteiger partial charge on any atom is 0.150 e. The van der Waals surface area contributed by atoms with Crippen molar-refractivity contribution in [2.24, 2.45) is 5.92 Å². The summed E-state index contributed by atoms with van der Waals surface area (Å²) in [5.74, 6) is 2.95. The first-order chi connectivity index (χ1) is 5.79. The molecule has 3 heteroatoms. The van der Waals surface area contributed by atoms with Gasteiger partial charge < -0.3 is 0 Å². The van der Waals surface area contributed by atoms with E-state index in [0.29, 0.717) is 0 Å². The molecule has 0 N–H and O–H groups in total. The molecule has 66 valence electrons. The zero-order valence-corrected chi connectivity index (χ0v) is 7.75. The lowest BCUT2D eigenvalue weighted by molar-refractivity contribution is 0.367. The molecule has 2 heterocycles. The molecule has 1 aromatic heterocycles. The highest BCUT2D eigenvalue weighted by molar-refractivity contribution is 4.96. The van der Waals surface area contributed by atoms with E-state index in [4.69, 9.17) is 0 Å². The van der Waals surface area contributed by atoms with E-state index in [-0.39, 0.29) is 0 Å². The van der Waals surface area contributed by atoms with Crippen molar-refractivity contribution in [2.75, 3.05) is 0 Å². The number of aromatic nitrogens is 3. The van der Waals surface area contributed by atoms with E-state index in [0.717, 1.165) is 31.1 Å². The number of rotatable bonds is 1. The molecule has 0 aromatic carbocycles. The minimum absolute atomic E-state index is 0.768. The second kappa shape index (κ2) is 2.88. The van der Waals surface area contributed by atoms with Gasteiger partial charge in [0.05, 0.1) is 0 Å². The average Bonchev–Trinajstić information content (AvgIpc) is 2.46. The van der Waals surface area contributed by atoms with Gasteiger partial charge in [0.2, 0.25) is 0 Å². The minimum Gasteiger partial charge on any atom is -0.250 e. The van der Waals surface area contributed by atoms with Crippen LogP contribution in [0.25, 0.3) is 0 Å². The van der Waals surface area contributed by atoms with Gasteiger partial charge in [-0.2, -0.15) is 5.10 Å². The van der Waals surface area contributed by atoms with Crippen LogP contribution >= 0.6 is 0 Å². The third-order valence-corrected chi connectivity index (χ3v) is 2.45. The average molecular weight is 165 g/mol. The van der Waals surface area contributed by atoms with Crippen LogP contribution in [-0.4, -0.2) is 14.8 Å². The molecular weight excluding hydrogens is 150 g/mol. The summed E-state index contributed by atoms with van der Waals surface area (Å²) in [6.45, 7) is 5.43. The van der Waals surface area contributed by atoms with Gasteiger partial charge in [-0.25, -0.2) is 9.67 Å². The Labute approximate surface area is 72.8 Å². The maximum atomic E-state index is 4.46. The third kappa shape index (κ3) is 1.24. The molecule has 0 bridgehead atoms. The summed E-state index contributed by atoms with van der Waals surface area (Å²) >= 11 is 0. The summed E-state index contributed by atoms with van der Waals surface area (Å²) in [4.78, 5) is 4.46. The Morgan fingerprint density at radius 1 is 1.58 bits per heavy atom. The molecule has 1 atom stereocenters. The molecule has 0 spiro atoms. The maximum absolute atomic E-state index is 4.46. The molecule has 0 amide bonds. The van der Waals surface area contributed by atoms with E-state index in [1.54, 1.807) is 0 Å². The lowest BCUT2D eigenvalue weighted by atomic mass is 10.0. The summed E-state index contributed by atoms with van der Waals surface area (Å²) in [7, 11) is 0. The molecule has 1 unspecified atom stereocenters. The van der Waals surface area contributed by atoms with Gasteiger partial charge in [0.15, 0.2) is 5.82 Å². The van der Waals surface area contributed by atoms with Crippen molar-refractivity contribution in [3.8, 4) is 0 Å². The van der Waals surface area contributed by atoms with Crippen LogP contribution in [0.15, 0.2) is 0 Å². The predicted molar refractivity (Wildman–Crippen MR) is 46.9 cm³/mol. The first-order valence-electron chi connectivity index (χ1n) is 4.72. The smallest absolute Gasteiger partial charge is 0.150 e. The van der Waals surface area contributed by atoms with Crippen LogP contribution < -0.4 is 0 Å². The molecule has 0 radical (unpaired) electrons. The quantitative estimate of drug-likeness (QED) is 0.630. The van der Waals surface area contributed by atoms with Gasteiger partial charge in [-0.3, -0.25) is 0 Å². The van der Waals surface area contributed by atoms with Crippen LogP contribution in [0.1, 0.15) is 31.9 Å². The molecule has 0 fully saturated rings. The highest BCUT2D eigenvalue weighted by Gasteiger charge is 2.17. The second-order valence-corrected chi connectivity index (χ2v) is 3.62. The van der Waals surface area contributed by atoms with Gasteiger partial charge in [-0.1, -0.05) is 13.8 Å². The Kier molecular flexibility index (Phi) is 1.87.